The number of carbonyl (C=O) groups is 1. The Labute approximate surface area is 139 Å². The summed E-state index contributed by atoms with van der Waals surface area (Å²) in [6.45, 7) is 0. The largest absolute Gasteiger partial charge is 0.504 e. The number of phenols is 1. The Bertz CT molecular complexity index is 783. The zero-order valence-electron chi connectivity index (χ0n) is 13.7. The lowest BCUT2D eigenvalue weighted by Crippen LogP contribution is -2.26. The summed E-state index contributed by atoms with van der Waals surface area (Å²) in [5, 5.41) is 9.83. The summed E-state index contributed by atoms with van der Waals surface area (Å²) in [7, 11) is 4.53. The van der Waals surface area contributed by atoms with Gasteiger partial charge < -0.3 is 24.1 Å². The van der Waals surface area contributed by atoms with E-state index in [-0.39, 0.29) is 17.2 Å². The van der Waals surface area contributed by atoms with Crippen LogP contribution in [0.3, 0.4) is 0 Å². The molecule has 126 valence electrons. The number of aromatic hydroxyl groups is 1. The number of fused-ring (bicyclic) bond motifs is 1. The maximum Gasteiger partial charge on any atom is 0.319 e. The van der Waals surface area contributed by atoms with Gasteiger partial charge >= 0.3 is 5.97 Å². The highest BCUT2D eigenvalue weighted by Gasteiger charge is 2.34. The van der Waals surface area contributed by atoms with Gasteiger partial charge in [0, 0.05) is 17.2 Å². The number of ether oxygens (including phenoxy) is 4. The fourth-order valence-electron chi connectivity index (χ4n) is 2.88. The molecule has 2 aromatic carbocycles. The molecule has 0 saturated carbocycles. The van der Waals surface area contributed by atoms with Gasteiger partial charge in [-0.1, -0.05) is 12.1 Å². The highest BCUT2D eigenvalue weighted by atomic mass is 16.6. The molecule has 0 aliphatic carbocycles. The van der Waals surface area contributed by atoms with Gasteiger partial charge in [-0.15, -0.1) is 0 Å². The highest BCUT2D eigenvalue weighted by molar-refractivity contribution is 5.85. The van der Waals surface area contributed by atoms with E-state index >= 15 is 0 Å². The Balaban J connectivity index is 2.02. The molecule has 1 atom stereocenters. The molecule has 6 nitrogen and oxygen atoms in total. The number of hydrogen-bond acceptors (Lipinski definition) is 6. The summed E-state index contributed by atoms with van der Waals surface area (Å²) in [6, 6.07) is 8.56. The minimum absolute atomic E-state index is 0.0653. The van der Waals surface area contributed by atoms with Crippen molar-refractivity contribution in [3.8, 4) is 28.7 Å². The van der Waals surface area contributed by atoms with Crippen LogP contribution in [-0.4, -0.2) is 32.4 Å². The molecule has 1 aliphatic rings. The van der Waals surface area contributed by atoms with Gasteiger partial charge in [0.1, 0.15) is 11.5 Å². The first kappa shape index (κ1) is 16.0. The molecule has 0 radical (unpaired) electrons. The molecule has 0 bridgehead atoms. The number of methoxy groups -OCH3 is 3. The zero-order chi connectivity index (χ0) is 17.3. The Hall–Kier alpha value is -2.89. The van der Waals surface area contributed by atoms with Crippen molar-refractivity contribution in [2.24, 2.45) is 0 Å². The number of hydrogen-bond donors (Lipinski definition) is 1. The van der Waals surface area contributed by atoms with E-state index in [1.54, 1.807) is 38.5 Å². The number of rotatable bonds is 4. The number of esters is 1. The van der Waals surface area contributed by atoms with E-state index in [1.165, 1.54) is 13.2 Å². The summed E-state index contributed by atoms with van der Waals surface area (Å²) < 4.78 is 21.2. The second-order valence-corrected chi connectivity index (χ2v) is 5.39. The van der Waals surface area contributed by atoms with Crippen molar-refractivity contribution in [1.82, 2.24) is 0 Å². The molecule has 1 N–H and O–H groups in total. The van der Waals surface area contributed by atoms with Gasteiger partial charge in [0.15, 0.2) is 11.5 Å². The minimum Gasteiger partial charge on any atom is -0.504 e. The van der Waals surface area contributed by atoms with Crippen LogP contribution in [0.25, 0.3) is 0 Å². The number of benzene rings is 2. The van der Waals surface area contributed by atoms with Crippen LogP contribution < -0.4 is 18.9 Å². The topological polar surface area (TPSA) is 74.2 Å². The van der Waals surface area contributed by atoms with Gasteiger partial charge in [-0.3, -0.25) is 4.79 Å². The number of carbonyl (C=O) groups excluding carboxylic acids is 1. The van der Waals surface area contributed by atoms with Gasteiger partial charge in [0.2, 0.25) is 5.75 Å². The normalized spacial score (nSPS) is 16.1. The third-order valence-corrected chi connectivity index (χ3v) is 4.10. The first-order valence-electron chi connectivity index (χ1n) is 7.41. The van der Waals surface area contributed by atoms with Crippen molar-refractivity contribution >= 4 is 5.97 Å². The monoisotopic (exact) mass is 330 g/mol. The molecule has 24 heavy (non-hydrogen) atoms. The van der Waals surface area contributed by atoms with Crippen LogP contribution in [0, 0.1) is 0 Å². The predicted octanol–water partition coefficient (Wildman–Crippen LogP) is 2.66. The summed E-state index contributed by atoms with van der Waals surface area (Å²) in [6.07, 6.45) is 0.424. The lowest BCUT2D eigenvalue weighted by Gasteiger charge is -2.26. The maximum atomic E-state index is 12.5. The first-order valence-corrected chi connectivity index (χ1v) is 7.41. The molecule has 0 fully saturated rings. The van der Waals surface area contributed by atoms with Crippen LogP contribution in [0.1, 0.15) is 17.0 Å². The highest BCUT2D eigenvalue weighted by Crippen LogP contribution is 2.45. The molecule has 3 rings (SSSR count). The molecule has 0 amide bonds. The standard InChI is InChI=1S/C18H18O6/c1-21-11-5-6-12(15(9-11)22-2)13-8-10-4-7-14(19)17(23-3)16(10)24-18(13)20/h4-7,9,13,19H,8H2,1-3H3. The molecule has 1 unspecified atom stereocenters. The van der Waals surface area contributed by atoms with Gasteiger partial charge in [-0.25, -0.2) is 0 Å². The summed E-state index contributed by atoms with van der Waals surface area (Å²) in [4.78, 5) is 12.5. The minimum atomic E-state index is -0.507. The second kappa shape index (κ2) is 6.31. The maximum absolute atomic E-state index is 12.5. The van der Waals surface area contributed by atoms with Crippen molar-refractivity contribution in [3.05, 3.63) is 41.5 Å². The summed E-state index contributed by atoms with van der Waals surface area (Å²) >= 11 is 0. The van der Waals surface area contributed by atoms with Crippen LogP contribution in [0.5, 0.6) is 28.7 Å². The third kappa shape index (κ3) is 2.60. The molecule has 0 spiro atoms. The van der Waals surface area contributed by atoms with E-state index in [1.807, 2.05) is 0 Å². The van der Waals surface area contributed by atoms with E-state index in [4.69, 9.17) is 18.9 Å². The van der Waals surface area contributed by atoms with Crippen molar-refractivity contribution in [2.75, 3.05) is 21.3 Å². The predicted molar refractivity (Wildman–Crippen MR) is 86.3 cm³/mol. The smallest absolute Gasteiger partial charge is 0.319 e. The van der Waals surface area contributed by atoms with Crippen molar-refractivity contribution in [1.29, 1.82) is 0 Å². The Morgan fingerprint density at radius 3 is 2.54 bits per heavy atom. The van der Waals surface area contributed by atoms with E-state index in [9.17, 15) is 9.90 Å². The van der Waals surface area contributed by atoms with Gasteiger partial charge in [0.25, 0.3) is 0 Å². The molecule has 6 heteroatoms. The van der Waals surface area contributed by atoms with E-state index in [0.717, 1.165) is 11.1 Å². The van der Waals surface area contributed by atoms with Crippen molar-refractivity contribution in [2.45, 2.75) is 12.3 Å². The summed E-state index contributed by atoms with van der Waals surface area (Å²) in [5.41, 5.74) is 1.51. The Morgan fingerprint density at radius 1 is 1.08 bits per heavy atom. The SMILES string of the molecule is COc1ccc(C2Cc3ccc(O)c(OC)c3OC2=O)c(OC)c1. The lowest BCUT2D eigenvalue weighted by atomic mass is 9.88. The van der Waals surface area contributed by atoms with Crippen LogP contribution in [0.4, 0.5) is 0 Å². The van der Waals surface area contributed by atoms with E-state index in [2.05, 4.69) is 0 Å². The molecular weight excluding hydrogens is 312 g/mol. The fourth-order valence-corrected chi connectivity index (χ4v) is 2.88. The molecule has 0 aromatic heterocycles. The van der Waals surface area contributed by atoms with Crippen LogP contribution in [0.2, 0.25) is 0 Å². The van der Waals surface area contributed by atoms with Gasteiger partial charge in [-0.05, 0) is 18.6 Å². The average Bonchev–Trinajstić information content (AvgIpc) is 2.60. The van der Waals surface area contributed by atoms with Crippen LogP contribution in [-0.2, 0) is 11.2 Å². The zero-order valence-corrected chi connectivity index (χ0v) is 13.7. The second-order valence-electron chi connectivity index (χ2n) is 5.39. The quantitative estimate of drug-likeness (QED) is 0.686. The van der Waals surface area contributed by atoms with Gasteiger partial charge in [-0.2, -0.15) is 0 Å². The van der Waals surface area contributed by atoms with Crippen LogP contribution in [0.15, 0.2) is 30.3 Å². The van der Waals surface area contributed by atoms with Crippen molar-refractivity contribution in [3.63, 3.8) is 0 Å². The van der Waals surface area contributed by atoms with Crippen molar-refractivity contribution < 1.29 is 28.8 Å². The summed E-state index contributed by atoms with van der Waals surface area (Å²) in [5.74, 6) is 0.650. The first-order chi connectivity index (χ1) is 11.6. The molecule has 2 aromatic rings. The molecule has 1 aliphatic heterocycles. The van der Waals surface area contributed by atoms with E-state index in [0.29, 0.717) is 17.9 Å². The van der Waals surface area contributed by atoms with Crippen LogP contribution >= 0.6 is 0 Å². The number of phenolic OH excluding ortho intramolecular Hbond substituents is 1. The average molecular weight is 330 g/mol. The molecule has 1 heterocycles. The van der Waals surface area contributed by atoms with E-state index < -0.39 is 11.9 Å². The lowest BCUT2D eigenvalue weighted by molar-refractivity contribution is -0.137. The van der Waals surface area contributed by atoms with Gasteiger partial charge in [0.05, 0.1) is 27.2 Å². The molecule has 0 saturated heterocycles. The third-order valence-electron chi connectivity index (χ3n) is 4.10. The molecular formula is C18H18O6. The fraction of sp³-hybridized carbons (Fsp3) is 0.278. The Morgan fingerprint density at radius 2 is 1.88 bits per heavy atom. The Kier molecular flexibility index (Phi) is 4.20.